The lowest BCUT2D eigenvalue weighted by molar-refractivity contribution is -0.128. The van der Waals surface area contributed by atoms with Crippen LogP contribution in [-0.4, -0.2) is 40.4 Å². The van der Waals surface area contributed by atoms with Gasteiger partial charge in [0.15, 0.2) is 0 Å². The van der Waals surface area contributed by atoms with Crippen molar-refractivity contribution in [3.8, 4) is 0 Å². The number of carbonyl (C=O) groups is 2. The zero-order valence-electron chi connectivity index (χ0n) is 16.0. The standard InChI is InChI=1S/C19H33N3O3/c1-13(17(19(2,3)4)20-18(24)25)15-12-16(23)22(21-15)11-10-14-8-6-5-7-9-14/h13-14,17,20H,5-12H2,1-4H3,(H,24,25). The summed E-state index contributed by atoms with van der Waals surface area (Å²) in [5, 5.41) is 17.9. The first-order chi connectivity index (χ1) is 11.7. The Morgan fingerprint density at radius 3 is 2.52 bits per heavy atom. The summed E-state index contributed by atoms with van der Waals surface area (Å²) >= 11 is 0. The molecule has 6 nitrogen and oxygen atoms in total. The molecule has 142 valence electrons. The highest BCUT2D eigenvalue weighted by Gasteiger charge is 2.37. The van der Waals surface area contributed by atoms with E-state index in [1.54, 1.807) is 5.01 Å². The van der Waals surface area contributed by atoms with Gasteiger partial charge in [0.25, 0.3) is 0 Å². The number of nitrogens with one attached hydrogen (secondary N) is 1. The molecule has 0 spiro atoms. The Kier molecular flexibility index (Phi) is 6.47. The SMILES string of the molecule is CC(C1=NN(CCC2CCCCC2)C(=O)C1)C(NC(=O)O)C(C)(C)C. The molecule has 2 amide bonds. The lowest BCUT2D eigenvalue weighted by atomic mass is 9.77. The summed E-state index contributed by atoms with van der Waals surface area (Å²) in [6, 6.07) is -0.283. The molecule has 0 aromatic heterocycles. The molecule has 2 N–H and O–H groups in total. The molecule has 1 fully saturated rings. The number of hydrogen-bond acceptors (Lipinski definition) is 3. The van der Waals surface area contributed by atoms with E-state index in [0.717, 1.165) is 12.1 Å². The molecule has 2 unspecified atom stereocenters. The average Bonchev–Trinajstić information content (AvgIpc) is 2.91. The third-order valence-corrected chi connectivity index (χ3v) is 5.58. The van der Waals surface area contributed by atoms with Gasteiger partial charge < -0.3 is 10.4 Å². The van der Waals surface area contributed by atoms with Crippen LogP contribution in [0.15, 0.2) is 5.10 Å². The highest BCUT2D eigenvalue weighted by molar-refractivity contribution is 6.06. The fraction of sp³-hybridized carbons (Fsp3) is 0.842. The van der Waals surface area contributed by atoms with Crippen LogP contribution in [0.25, 0.3) is 0 Å². The van der Waals surface area contributed by atoms with Gasteiger partial charge in [0.2, 0.25) is 5.91 Å². The van der Waals surface area contributed by atoms with Gasteiger partial charge in [-0.15, -0.1) is 0 Å². The summed E-state index contributed by atoms with van der Waals surface area (Å²) < 4.78 is 0. The molecule has 0 radical (unpaired) electrons. The smallest absolute Gasteiger partial charge is 0.404 e. The van der Waals surface area contributed by atoms with Gasteiger partial charge in [-0.2, -0.15) is 5.10 Å². The fourth-order valence-electron chi connectivity index (χ4n) is 4.12. The van der Waals surface area contributed by atoms with Crippen LogP contribution in [0.3, 0.4) is 0 Å². The molecule has 2 atom stereocenters. The maximum Gasteiger partial charge on any atom is 0.404 e. The summed E-state index contributed by atoms with van der Waals surface area (Å²) in [5.41, 5.74) is 0.543. The van der Waals surface area contributed by atoms with E-state index in [4.69, 9.17) is 5.11 Å². The topological polar surface area (TPSA) is 82.0 Å². The molecular formula is C19H33N3O3. The molecule has 0 bridgehead atoms. The Morgan fingerprint density at radius 1 is 1.32 bits per heavy atom. The van der Waals surface area contributed by atoms with Crippen LogP contribution in [0.4, 0.5) is 4.79 Å². The average molecular weight is 351 g/mol. The third-order valence-electron chi connectivity index (χ3n) is 5.58. The van der Waals surface area contributed by atoms with Crippen molar-refractivity contribution in [3.05, 3.63) is 0 Å². The molecule has 0 aromatic carbocycles. The second-order valence-corrected chi connectivity index (χ2v) is 8.66. The molecule has 0 saturated heterocycles. The van der Waals surface area contributed by atoms with Crippen molar-refractivity contribution in [2.45, 2.75) is 78.7 Å². The zero-order valence-corrected chi connectivity index (χ0v) is 16.0. The minimum Gasteiger partial charge on any atom is -0.465 e. The maximum absolute atomic E-state index is 12.3. The van der Waals surface area contributed by atoms with E-state index in [-0.39, 0.29) is 23.3 Å². The summed E-state index contributed by atoms with van der Waals surface area (Å²) in [6.07, 6.45) is 6.77. The van der Waals surface area contributed by atoms with E-state index >= 15 is 0 Å². The van der Waals surface area contributed by atoms with Crippen LogP contribution >= 0.6 is 0 Å². The van der Waals surface area contributed by atoms with Gasteiger partial charge in [-0.05, 0) is 17.8 Å². The summed E-state index contributed by atoms with van der Waals surface area (Å²) in [5.74, 6) is 0.648. The van der Waals surface area contributed by atoms with E-state index in [9.17, 15) is 9.59 Å². The maximum atomic E-state index is 12.3. The highest BCUT2D eigenvalue weighted by Crippen LogP contribution is 2.30. The van der Waals surface area contributed by atoms with Crippen molar-refractivity contribution in [1.82, 2.24) is 10.3 Å². The van der Waals surface area contributed by atoms with E-state index in [0.29, 0.717) is 18.9 Å². The van der Waals surface area contributed by atoms with Crippen LogP contribution < -0.4 is 5.32 Å². The molecule has 25 heavy (non-hydrogen) atoms. The molecule has 1 aliphatic carbocycles. The molecule has 1 saturated carbocycles. The van der Waals surface area contributed by atoms with Crippen LogP contribution in [-0.2, 0) is 4.79 Å². The van der Waals surface area contributed by atoms with Crippen LogP contribution in [0.2, 0.25) is 0 Å². The van der Waals surface area contributed by atoms with Gasteiger partial charge >= 0.3 is 6.09 Å². The lowest BCUT2D eigenvalue weighted by Crippen LogP contribution is -2.49. The minimum absolute atomic E-state index is 0.0423. The van der Waals surface area contributed by atoms with Crippen molar-refractivity contribution < 1.29 is 14.7 Å². The summed E-state index contributed by atoms with van der Waals surface area (Å²) in [4.78, 5) is 23.5. The van der Waals surface area contributed by atoms with E-state index in [2.05, 4.69) is 10.4 Å². The highest BCUT2D eigenvalue weighted by atomic mass is 16.4. The predicted octanol–water partition coefficient (Wildman–Crippen LogP) is 3.86. The third kappa shape index (κ3) is 5.44. The number of carbonyl (C=O) groups excluding carboxylic acids is 1. The normalized spacial score (nSPS) is 21.8. The van der Waals surface area contributed by atoms with E-state index in [1.165, 1.54) is 32.1 Å². The van der Waals surface area contributed by atoms with Crippen LogP contribution in [0.5, 0.6) is 0 Å². The largest absolute Gasteiger partial charge is 0.465 e. The molecule has 2 rings (SSSR count). The number of rotatable bonds is 6. The number of nitrogens with zero attached hydrogens (tertiary/aromatic N) is 2. The Hall–Kier alpha value is -1.59. The van der Waals surface area contributed by atoms with Gasteiger partial charge in [0.05, 0.1) is 12.1 Å². The van der Waals surface area contributed by atoms with Crippen molar-refractivity contribution in [1.29, 1.82) is 0 Å². The summed E-state index contributed by atoms with van der Waals surface area (Å²) in [6.45, 7) is 8.65. The van der Waals surface area contributed by atoms with Crippen LogP contribution in [0.1, 0.15) is 72.6 Å². The zero-order chi connectivity index (χ0) is 18.6. The number of hydrazone groups is 1. The minimum atomic E-state index is -1.04. The van der Waals surface area contributed by atoms with Crippen molar-refractivity contribution >= 4 is 17.7 Å². The Morgan fingerprint density at radius 2 is 1.96 bits per heavy atom. The Labute approximate surface area is 151 Å². The molecule has 6 heteroatoms. The van der Waals surface area contributed by atoms with Crippen molar-refractivity contribution in [2.24, 2.45) is 22.4 Å². The molecule has 2 aliphatic rings. The van der Waals surface area contributed by atoms with E-state index in [1.807, 2.05) is 27.7 Å². The lowest BCUT2D eigenvalue weighted by Gasteiger charge is -2.35. The number of amides is 2. The molecule has 1 aliphatic heterocycles. The Balaban J connectivity index is 1.99. The molecular weight excluding hydrogens is 318 g/mol. The van der Waals surface area contributed by atoms with Crippen molar-refractivity contribution in [2.75, 3.05) is 6.54 Å². The molecule has 0 aromatic rings. The van der Waals surface area contributed by atoms with Crippen molar-refractivity contribution in [3.63, 3.8) is 0 Å². The van der Waals surface area contributed by atoms with Gasteiger partial charge in [-0.25, -0.2) is 9.80 Å². The quantitative estimate of drug-likeness (QED) is 0.762. The van der Waals surface area contributed by atoms with Gasteiger partial charge in [-0.3, -0.25) is 4.79 Å². The first-order valence-corrected chi connectivity index (χ1v) is 9.55. The number of carboxylic acid groups (broad SMARTS) is 1. The monoisotopic (exact) mass is 351 g/mol. The molecule has 1 heterocycles. The second kappa shape index (κ2) is 8.19. The van der Waals surface area contributed by atoms with Gasteiger partial charge in [0, 0.05) is 18.5 Å². The summed E-state index contributed by atoms with van der Waals surface area (Å²) in [7, 11) is 0. The predicted molar refractivity (Wildman–Crippen MR) is 98.5 cm³/mol. The number of hydrogen-bond donors (Lipinski definition) is 2. The van der Waals surface area contributed by atoms with Gasteiger partial charge in [0.1, 0.15) is 0 Å². The fourth-order valence-corrected chi connectivity index (χ4v) is 4.12. The second-order valence-electron chi connectivity index (χ2n) is 8.66. The van der Waals surface area contributed by atoms with E-state index < -0.39 is 6.09 Å². The van der Waals surface area contributed by atoms with Gasteiger partial charge in [-0.1, -0.05) is 59.8 Å². The van der Waals surface area contributed by atoms with Crippen LogP contribution in [0, 0.1) is 17.3 Å². The Bertz CT molecular complexity index is 518. The first kappa shape index (κ1) is 19.7. The first-order valence-electron chi connectivity index (χ1n) is 9.55.